The van der Waals surface area contributed by atoms with Crippen LogP contribution in [0.5, 0.6) is 0 Å². The first kappa shape index (κ1) is 16.9. The number of thiazole rings is 1. The Kier molecular flexibility index (Phi) is 4.01. The maximum absolute atomic E-state index is 13.1. The summed E-state index contributed by atoms with van der Waals surface area (Å²) in [6.07, 6.45) is 6.97. The van der Waals surface area contributed by atoms with Crippen molar-refractivity contribution in [2.24, 2.45) is 23.2 Å². The molecule has 0 saturated heterocycles. The molecule has 1 N–H and O–H groups in total. The number of aromatic nitrogens is 1. The highest BCUT2D eigenvalue weighted by atomic mass is 32.2. The third-order valence-corrected chi connectivity index (χ3v) is 7.96. The lowest BCUT2D eigenvalue weighted by Gasteiger charge is -2.55. The van der Waals surface area contributed by atoms with Gasteiger partial charge in [-0.05, 0) is 74.5 Å². The van der Waals surface area contributed by atoms with Crippen LogP contribution in [-0.2, 0) is 4.79 Å². The summed E-state index contributed by atoms with van der Waals surface area (Å²) in [7, 11) is 0. The minimum atomic E-state index is -2.43. The molecule has 7 heteroatoms. The van der Waals surface area contributed by atoms with E-state index in [1.54, 1.807) is 18.2 Å². The molecule has 3 nitrogen and oxygen atoms in total. The average Bonchev–Trinajstić information content (AvgIpc) is 2.94. The van der Waals surface area contributed by atoms with Crippen molar-refractivity contribution >= 4 is 44.4 Å². The zero-order chi connectivity index (χ0) is 17.9. The summed E-state index contributed by atoms with van der Waals surface area (Å²) in [6, 6.07) is 5.13. The van der Waals surface area contributed by atoms with Gasteiger partial charge in [0.25, 0.3) is 5.76 Å². The second-order valence-corrected chi connectivity index (χ2v) is 10.3. The molecule has 138 valence electrons. The number of alkyl halides is 2. The standard InChI is InChI=1S/C19H20F2N2OS2/c20-17(21)25-13-1-2-14-15(6-13)26-18(22-14)23-16(24)19-7-10-3-11(8-19)5-12(4-10)9-19/h1-2,6,10-12,17H,3-5,7-9H2,(H,22,23,24). The zero-order valence-electron chi connectivity index (χ0n) is 14.2. The van der Waals surface area contributed by atoms with E-state index in [1.807, 2.05) is 0 Å². The van der Waals surface area contributed by atoms with E-state index in [1.165, 1.54) is 30.6 Å². The Morgan fingerprint density at radius 1 is 1.19 bits per heavy atom. The van der Waals surface area contributed by atoms with Gasteiger partial charge in [-0.25, -0.2) is 4.98 Å². The van der Waals surface area contributed by atoms with E-state index in [2.05, 4.69) is 10.3 Å². The lowest BCUT2D eigenvalue weighted by Crippen LogP contribution is -2.51. The molecule has 1 aromatic carbocycles. The van der Waals surface area contributed by atoms with E-state index in [4.69, 9.17) is 0 Å². The molecule has 0 aliphatic heterocycles. The number of hydrogen-bond acceptors (Lipinski definition) is 4. The Balaban J connectivity index is 1.36. The van der Waals surface area contributed by atoms with Crippen LogP contribution >= 0.6 is 23.1 Å². The van der Waals surface area contributed by atoms with Crippen molar-refractivity contribution in [3.8, 4) is 0 Å². The first-order valence-corrected chi connectivity index (χ1v) is 10.9. The van der Waals surface area contributed by atoms with Gasteiger partial charge in [0.05, 0.1) is 15.6 Å². The van der Waals surface area contributed by atoms with E-state index in [-0.39, 0.29) is 11.3 Å². The molecule has 0 spiro atoms. The largest absolute Gasteiger partial charge is 0.301 e. The number of hydrogen-bond donors (Lipinski definition) is 1. The van der Waals surface area contributed by atoms with Crippen molar-refractivity contribution in [1.29, 1.82) is 0 Å². The van der Waals surface area contributed by atoms with Crippen LogP contribution < -0.4 is 5.32 Å². The summed E-state index contributed by atoms with van der Waals surface area (Å²) in [5.41, 5.74) is 0.540. The van der Waals surface area contributed by atoms with Gasteiger partial charge in [0.15, 0.2) is 5.13 Å². The maximum atomic E-state index is 13.1. The number of nitrogens with zero attached hydrogens (tertiary/aromatic N) is 1. The fourth-order valence-corrected chi connectivity index (χ4v) is 7.27. The molecule has 0 unspecified atom stereocenters. The van der Waals surface area contributed by atoms with Crippen molar-refractivity contribution in [3.05, 3.63) is 18.2 Å². The van der Waals surface area contributed by atoms with Gasteiger partial charge in [0.2, 0.25) is 5.91 Å². The number of benzene rings is 1. The average molecular weight is 395 g/mol. The Morgan fingerprint density at radius 3 is 2.46 bits per heavy atom. The molecule has 1 heterocycles. The van der Waals surface area contributed by atoms with E-state index in [0.29, 0.717) is 21.8 Å². The van der Waals surface area contributed by atoms with Gasteiger partial charge in [0, 0.05) is 4.90 Å². The molecule has 6 rings (SSSR count). The Morgan fingerprint density at radius 2 is 1.85 bits per heavy atom. The fourth-order valence-electron chi connectivity index (χ4n) is 5.75. The Bertz CT molecular complexity index is 831. The van der Waals surface area contributed by atoms with Gasteiger partial charge < -0.3 is 5.32 Å². The molecule has 4 saturated carbocycles. The van der Waals surface area contributed by atoms with Gasteiger partial charge in [0.1, 0.15) is 0 Å². The van der Waals surface area contributed by atoms with E-state index < -0.39 is 5.76 Å². The number of carbonyl (C=O) groups excluding carboxylic acids is 1. The van der Waals surface area contributed by atoms with Crippen LogP contribution in [0.1, 0.15) is 38.5 Å². The summed E-state index contributed by atoms with van der Waals surface area (Å²) in [4.78, 5) is 18.1. The van der Waals surface area contributed by atoms with Gasteiger partial charge in [-0.2, -0.15) is 8.78 Å². The number of fused-ring (bicyclic) bond motifs is 1. The van der Waals surface area contributed by atoms with Crippen LogP contribution in [0.15, 0.2) is 23.1 Å². The second kappa shape index (κ2) is 6.16. The Labute approximate surface area is 159 Å². The summed E-state index contributed by atoms with van der Waals surface area (Å²) >= 11 is 1.90. The molecule has 1 aromatic heterocycles. The van der Waals surface area contributed by atoms with Crippen LogP contribution in [0.2, 0.25) is 0 Å². The van der Waals surface area contributed by atoms with Crippen LogP contribution in [-0.4, -0.2) is 16.6 Å². The lowest BCUT2D eigenvalue weighted by atomic mass is 9.49. The van der Waals surface area contributed by atoms with Crippen molar-refractivity contribution in [3.63, 3.8) is 0 Å². The normalized spacial score (nSPS) is 32.5. The smallest absolute Gasteiger partial charge is 0.288 e. The number of nitrogens with one attached hydrogen (secondary N) is 1. The Hall–Kier alpha value is -1.21. The van der Waals surface area contributed by atoms with Gasteiger partial charge in [-0.15, -0.1) is 0 Å². The van der Waals surface area contributed by atoms with Crippen LogP contribution in [0.25, 0.3) is 10.2 Å². The van der Waals surface area contributed by atoms with E-state index in [0.717, 1.165) is 47.2 Å². The maximum Gasteiger partial charge on any atom is 0.288 e. The van der Waals surface area contributed by atoms with Gasteiger partial charge in [-0.3, -0.25) is 4.79 Å². The summed E-state index contributed by atoms with van der Waals surface area (Å²) in [5.74, 6) is -0.155. The minimum absolute atomic E-state index is 0.123. The highest BCUT2D eigenvalue weighted by Crippen LogP contribution is 2.60. The molecule has 4 aliphatic rings. The highest BCUT2D eigenvalue weighted by molar-refractivity contribution is 7.99. The topological polar surface area (TPSA) is 42.0 Å². The third-order valence-electron chi connectivity index (χ3n) is 6.33. The predicted octanol–water partition coefficient (Wildman–Crippen LogP) is 5.77. The SMILES string of the molecule is O=C(Nc1nc2ccc(SC(F)F)cc2s1)C12CC3CC(CC(C3)C1)C2. The van der Waals surface area contributed by atoms with Crippen molar-refractivity contribution in [1.82, 2.24) is 4.98 Å². The monoisotopic (exact) mass is 394 g/mol. The predicted molar refractivity (Wildman–Crippen MR) is 101 cm³/mol. The van der Waals surface area contributed by atoms with Gasteiger partial charge >= 0.3 is 0 Å². The fraction of sp³-hybridized carbons (Fsp3) is 0.579. The highest BCUT2D eigenvalue weighted by Gasteiger charge is 2.54. The number of thioether (sulfide) groups is 1. The zero-order valence-corrected chi connectivity index (χ0v) is 15.8. The minimum Gasteiger partial charge on any atom is -0.301 e. The molecular weight excluding hydrogens is 374 g/mol. The molecule has 4 fully saturated rings. The first-order chi connectivity index (χ1) is 12.5. The molecule has 4 aliphatic carbocycles. The van der Waals surface area contributed by atoms with Crippen LogP contribution in [0.4, 0.5) is 13.9 Å². The number of anilines is 1. The van der Waals surface area contributed by atoms with E-state index >= 15 is 0 Å². The lowest BCUT2D eigenvalue weighted by molar-refractivity contribution is -0.140. The number of amides is 1. The molecule has 0 radical (unpaired) electrons. The molecule has 26 heavy (non-hydrogen) atoms. The molecule has 4 bridgehead atoms. The first-order valence-electron chi connectivity index (χ1n) is 9.16. The summed E-state index contributed by atoms with van der Waals surface area (Å²) in [6.45, 7) is 0. The summed E-state index contributed by atoms with van der Waals surface area (Å²) < 4.78 is 25.9. The number of carbonyl (C=O) groups is 1. The quantitative estimate of drug-likeness (QED) is 0.670. The van der Waals surface area contributed by atoms with Crippen LogP contribution in [0.3, 0.4) is 0 Å². The van der Waals surface area contributed by atoms with Crippen molar-refractivity contribution in [2.45, 2.75) is 49.2 Å². The second-order valence-electron chi connectivity index (χ2n) is 8.18. The third kappa shape index (κ3) is 2.93. The molecular formula is C19H20F2N2OS2. The van der Waals surface area contributed by atoms with Gasteiger partial charge in [-0.1, -0.05) is 23.1 Å². The summed E-state index contributed by atoms with van der Waals surface area (Å²) in [5, 5.41) is 3.65. The number of halogens is 2. The van der Waals surface area contributed by atoms with Crippen LogP contribution in [0, 0.1) is 23.2 Å². The van der Waals surface area contributed by atoms with E-state index in [9.17, 15) is 13.6 Å². The molecule has 0 atom stereocenters. The molecule has 1 amide bonds. The number of rotatable bonds is 4. The molecule has 2 aromatic rings. The van der Waals surface area contributed by atoms with Crippen molar-refractivity contribution in [2.75, 3.05) is 5.32 Å². The van der Waals surface area contributed by atoms with Crippen molar-refractivity contribution < 1.29 is 13.6 Å².